The monoisotopic (exact) mass is 348 g/mol. The first kappa shape index (κ1) is 16.4. The minimum atomic E-state index is -0.153. The molecule has 0 unspecified atom stereocenters. The van der Waals surface area contributed by atoms with Crippen LogP contribution in [0.25, 0.3) is 11.0 Å². The average molecular weight is 348 g/mol. The van der Waals surface area contributed by atoms with Gasteiger partial charge in [0.05, 0.1) is 12.7 Å². The van der Waals surface area contributed by atoms with Crippen LogP contribution < -0.4 is 10.6 Å². The van der Waals surface area contributed by atoms with Crippen LogP contribution >= 0.6 is 0 Å². The normalized spacial score (nSPS) is 12.8. The molecule has 0 saturated carbocycles. The summed E-state index contributed by atoms with van der Waals surface area (Å²) in [6.07, 6.45) is 5.31. The first-order valence-electron chi connectivity index (χ1n) is 8.78. The van der Waals surface area contributed by atoms with E-state index in [1.807, 2.05) is 0 Å². The Hall–Kier alpha value is -3.08. The van der Waals surface area contributed by atoms with Gasteiger partial charge >= 0.3 is 0 Å². The molecule has 2 N–H and O–H groups in total. The molecule has 5 heteroatoms. The van der Waals surface area contributed by atoms with Gasteiger partial charge in [0.15, 0.2) is 0 Å². The van der Waals surface area contributed by atoms with Crippen molar-refractivity contribution >= 4 is 28.5 Å². The number of anilines is 1. The summed E-state index contributed by atoms with van der Waals surface area (Å²) in [5.41, 5.74) is 5.69. The number of carbonyl (C=O) groups is 2. The van der Waals surface area contributed by atoms with Gasteiger partial charge < -0.3 is 15.1 Å². The van der Waals surface area contributed by atoms with E-state index in [2.05, 4.69) is 22.8 Å². The van der Waals surface area contributed by atoms with Crippen molar-refractivity contribution in [1.82, 2.24) is 5.32 Å². The Labute approximate surface area is 151 Å². The highest BCUT2D eigenvalue weighted by molar-refractivity contribution is 5.97. The molecule has 1 aliphatic rings. The van der Waals surface area contributed by atoms with Gasteiger partial charge in [0, 0.05) is 29.2 Å². The van der Waals surface area contributed by atoms with Crippen molar-refractivity contribution in [2.24, 2.45) is 0 Å². The van der Waals surface area contributed by atoms with Crippen LogP contribution in [0, 0.1) is 0 Å². The van der Waals surface area contributed by atoms with E-state index in [0.717, 1.165) is 29.4 Å². The molecule has 0 spiro atoms. The lowest BCUT2D eigenvalue weighted by Crippen LogP contribution is -2.18. The second-order valence-electron chi connectivity index (χ2n) is 6.61. The molecule has 4 rings (SSSR count). The van der Waals surface area contributed by atoms with Gasteiger partial charge in [0.2, 0.25) is 5.91 Å². The highest BCUT2D eigenvalue weighted by Crippen LogP contribution is 2.30. The summed E-state index contributed by atoms with van der Waals surface area (Å²) in [6.45, 7) is 0. The van der Waals surface area contributed by atoms with E-state index in [9.17, 15) is 9.59 Å². The lowest BCUT2D eigenvalue weighted by Gasteiger charge is -2.06. The summed E-state index contributed by atoms with van der Waals surface area (Å²) in [5, 5.41) is 6.46. The van der Waals surface area contributed by atoms with Crippen molar-refractivity contribution < 1.29 is 14.0 Å². The Morgan fingerprint density at radius 3 is 2.54 bits per heavy atom. The van der Waals surface area contributed by atoms with Gasteiger partial charge in [-0.2, -0.15) is 0 Å². The van der Waals surface area contributed by atoms with Gasteiger partial charge in [-0.05, 0) is 66.8 Å². The lowest BCUT2D eigenvalue weighted by molar-refractivity contribution is -0.115. The summed E-state index contributed by atoms with van der Waals surface area (Å²) in [4.78, 5) is 24.0. The molecule has 1 aromatic heterocycles. The smallest absolute Gasteiger partial charge is 0.251 e. The number of nitrogens with one attached hydrogen (secondary N) is 2. The van der Waals surface area contributed by atoms with Crippen LogP contribution in [0.5, 0.6) is 0 Å². The summed E-state index contributed by atoms with van der Waals surface area (Å²) < 4.78 is 5.66. The fraction of sp³-hybridized carbons (Fsp3) is 0.238. The van der Waals surface area contributed by atoms with Gasteiger partial charge in [0.25, 0.3) is 5.91 Å². The molecule has 2 aromatic carbocycles. The van der Waals surface area contributed by atoms with Crippen molar-refractivity contribution in [3.8, 4) is 0 Å². The average Bonchev–Trinajstić information content (AvgIpc) is 3.26. The second-order valence-corrected chi connectivity index (χ2v) is 6.61. The summed E-state index contributed by atoms with van der Waals surface area (Å²) in [7, 11) is 1.59. The number of aryl methyl sites for hydroxylation is 2. The molecule has 0 aliphatic heterocycles. The van der Waals surface area contributed by atoms with Gasteiger partial charge in [-0.1, -0.05) is 0 Å². The van der Waals surface area contributed by atoms with Gasteiger partial charge in [0.1, 0.15) is 5.58 Å². The Balaban J connectivity index is 1.48. The van der Waals surface area contributed by atoms with Crippen LogP contribution in [0.4, 0.5) is 5.69 Å². The summed E-state index contributed by atoms with van der Waals surface area (Å²) in [5.74, 6) is -0.263. The quantitative estimate of drug-likeness (QED) is 0.758. The third kappa shape index (κ3) is 3.08. The summed E-state index contributed by atoms with van der Waals surface area (Å²) in [6, 6.07) is 11.1. The van der Waals surface area contributed by atoms with Gasteiger partial charge in [-0.25, -0.2) is 0 Å². The number of benzene rings is 2. The first-order valence-corrected chi connectivity index (χ1v) is 8.78. The Kier molecular flexibility index (Phi) is 4.21. The van der Waals surface area contributed by atoms with Crippen LogP contribution in [0.1, 0.15) is 33.5 Å². The molecule has 132 valence electrons. The van der Waals surface area contributed by atoms with Crippen LogP contribution in [0.3, 0.4) is 0 Å². The SMILES string of the molecule is CNC(=O)c1ccc(NC(=O)Cc2coc3cc4c(cc23)CCC4)cc1. The van der Waals surface area contributed by atoms with Crippen LogP contribution in [0.15, 0.2) is 47.1 Å². The Morgan fingerprint density at radius 1 is 1.08 bits per heavy atom. The number of amides is 2. The minimum Gasteiger partial charge on any atom is -0.464 e. The van der Waals surface area contributed by atoms with E-state index in [1.54, 1.807) is 37.6 Å². The van der Waals surface area contributed by atoms with Gasteiger partial charge in [-0.15, -0.1) is 0 Å². The molecule has 0 bridgehead atoms. The molecule has 0 atom stereocenters. The largest absolute Gasteiger partial charge is 0.464 e. The maximum absolute atomic E-state index is 12.4. The predicted octanol–water partition coefficient (Wildman–Crippen LogP) is 3.46. The highest BCUT2D eigenvalue weighted by Gasteiger charge is 2.16. The number of hydrogen-bond acceptors (Lipinski definition) is 3. The maximum Gasteiger partial charge on any atom is 0.251 e. The van der Waals surface area contributed by atoms with Crippen molar-refractivity contribution in [3.63, 3.8) is 0 Å². The molecule has 3 aromatic rings. The zero-order valence-corrected chi connectivity index (χ0v) is 14.6. The molecule has 1 heterocycles. The molecule has 0 radical (unpaired) electrons. The van der Waals surface area contributed by atoms with Gasteiger partial charge in [-0.3, -0.25) is 9.59 Å². The zero-order chi connectivity index (χ0) is 18.1. The van der Waals surface area contributed by atoms with Crippen LogP contribution in [-0.4, -0.2) is 18.9 Å². The lowest BCUT2D eigenvalue weighted by atomic mass is 10.0. The van der Waals surface area contributed by atoms with E-state index < -0.39 is 0 Å². The molecule has 2 amide bonds. The van der Waals surface area contributed by atoms with E-state index in [-0.39, 0.29) is 18.2 Å². The van der Waals surface area contributed by atoms with Crippen molar-refractivity contribution in [2.75, 3.05) is 12.4 Å². The maximum atomic E-state index is 12.4. The van der Waals surface area contributed by atoms with Crippen LogP contribution in [0.2, 0.25) is 0 Å². The molecule has 0 saturated heterocycles. The van der Waals surface area contributed by atoms with Crippen molar-refractivity contribution in [1.29, 1.82) is 0 Å². The fourth-order valence-corrected chi connectivity index (χ4v) is 3.51. The minimum absolute atomic E-state index is 0.110. The number of carbonyl (C=O) groups excluding carboxylic acids is 2. The van der Waals surface area contributed by atoms with E-state index in [0.29, 0.717) is 11.3 Å². The summed E-state index contributed by atoms with van der Waals surface area (Å²) >= 11 is 0. The van der Waals surface area contributed by atoms with E-state index in [1.165, 1.54) is 17.5 Å². The Morgan fingerprint density at radius 2 is 1.81 bits per heavy atom. The van der Waals surface area contributed by atoms with E-state index in [4.69, 9.17) is 4.42 Å². The molecule has 26 heavy (non-hydrogen) atoms. The number of hydrogen-bond donors (Lipinski definition) is 2. The van der Waals surface area contributed by atoms with Crippen molar-refractivity contribution in [3.05, 3.63) is 64.9 Å². The Bertz CT molecular complexity index is 986. The third-order valence-corrected chi connectivity index (χ3v) is 4.88. The number of rotatable bonds is 4. The number of furan rings is 1. The highest BCUT2D eigenvalue weighted by atomic mass is 16.3. The topological polar surface area (TPSA) is 71.3 Å². The number of fused-ring (bicyclic) bond motifs is 2. The first-order chi connectivity index (χ1) is 12.6. The standard InChI is InChI=1S/C21H20N2O3/c1-22-21(25)13-5-7-17(8-6-13)23-20(24)11-16-12-26-19-10-15-4-2-3-14(15)9-18(16)19/h5-10,12H,2-4,11H2,1H3,(H,22,25)(H,23,24). The van der Waals surface area contributed by atoms with E-state index >= 15 is 0 Å². The second kappa shape index (κ2) is 6.67. The van der Waals surface area contributed by atoms with Crippen molar-refractivity contribution in [2.45, 2.75) is 25.7 Å². The fourth-order valence-electron chi connectivity index (χ4n) is 3.51. The third-order valence-electron chi connectivity index (χ3n) is 4.88. The molecule has 1 aliphatic carbocycles. The van der Waals surface area contributed by atoms with Crippen LogP contribution in [-0.2, 0) is 24.1 Å². The molecular weight excluding hydrogens is 328 g/mol. The molecule has 0 fully saturated rings. The molecular formula is C21H20N2O3. The zero-order valence-electron chi connectivity index (χ0n) is 14.6. The predicted molar refractivity (Wildman–Crippen MR) is 100 cm³/mol. The molecule has 5 nitrogen and oxygen atoms in total.